The van der Waals surface area contributed by atoms with Gasteiger partial charge < -0.3 is 19.3 Å². The van der Waals surface area contributed by atoms with Crippen molar-refractivity contribution in [2.24, 2.45) is 0 Å². The van der Waals surface area contributed by atoms with Gasteiger partial charge in [0.25, 0.3) is 0 Å². The predicted molar refractivity (Wildman–Crippen MR) is 168 cm³/mol. The van der Waals surface area contributed by atoms with Gasteiger partial charge in [-0.15, -0.1) is 0 Å². The number of carbonyl (C=O) groups excluding carboxylic acids is 2. The summed E-state index contributed by atoms with van der Waals surface area (Å²) in [6.07, 6.45) is 10.7. The molecular formula is C34H42N4O4. The highest BCUT2D eigenvalue weighted by molar-refractivity contribution is 5.98. The van der Waals surface area contributed by atoms with E-state index in [1.54, 1.807) is 12.2 Å². The topological polar surface area (TPSA) is 107 Å². The zero-order valence-corrected chi connectivity index (χ0v) is 25.3. The largest absolute Gasteiger partial charge is 0.462 e. The molecule has 8 nitrogen and oxygen atoms in total. The zero-order chi connectivity index (χ0) is 30.7. The van der Waals surface area contributed by atoms with Crippen molar-refractivity contribution in [2.75, 3.05) is 51.2 Å². The minimum atomic E-state index is -0.592. The molecular weight excluding hydrogens is 528 g/mol. The van der Waals surface area contributed by atoms with Gasteiger partial charge in [0.05, 0.1) is 13.2 Å². The van der Waals surface area contributed by atoms with Gasteiger partial charge in [-0.1, -0.05) is 62.8 Å². The van der Waals surface area contributed by atoms with E-state index in [0.29, 0.717) is 13.2 Å². The molecule has 0 spiro atoms. The van der Waals surface area contributed by atoms with Crippen LogP contribution in [0.1, 0.15) is 62.5 Å². The van der Waals surface area contributed by atoms with Crippen molar-refractivity contribution < 1.29 is 19.1 Å². The third-order valence-electron chi connectivity index (χ3n) is 6.63. The molecule has 0 atom stereocenters. The Morgan fingerprint density at radius 1 is 0.595 bits per heavy atom. The maximum atomic E-state index is 12.3. The Kier molecular flexibility index (Phi) is 15.0. The molecule has 0 aliphatic rings. The van der Waals surface area contributed by atoms with Crippen LogP contribution in [0, 0.1) is 22.7 Å². The number of hydrogen-bond donors (Lipinski definition) is 0. The smallest absolute Gasteiger partial charge is 0.348 e. The number of benzene rings is 2. The minimum absolute atomic E-state index is 0.00643. The molecule has 0 unspecified atom stereocenters. The standard InChI is InChI=1S/C34H42N4O4/c1-37(2)31-17-13-27(14-18-31)23-29(25-35)33(39)41-21-11-9-7-5-6-8-10-12-22-42-34(40)30(26-36)24-28-15-19-32(20-16-28)38(3)4/h13-20,23-24H,5-12,21-22H2,1-4H3/b29-23+,30-24+. The molecule has 0 aliphatic heterocycles. The lowest BCUT2D eigenvalue weighted by Crippen LogP contribution is -2.09. The number of anilines is 2. The summed E-state index contributed by atoms with van der Waals surface area (Å²) in [4.78, 5) is 28.5. The van der Waals surface area contributed by atoms with Crippen LogP contribution in [-0.4, -0.2) is 53.3 Å². The van der Waals surface area contributed by atoms with Gasteiger partial charge in [-0.05, 0) is 60.4 Å². The molecule has 0 N–H and O–H groups in total. The van der Waals surface area contributed by atoms with Crippen LogP contribution in [0.5, 0.6) is 0 Å². The molecule has 2 rings (SSSR count). The van der Waals surface area contributed by atoms with E-state index < -0.39 is 11.9 Å². The Hall–Kier alpha value is -4.56. The molecule has 0 amide bonds. The molecule has 0 aromatic heterocycles. The van der Waals surface area contributed by atoms with Gasteiger partial charge in [0.15, 0.2) is 0 Å². The maximum absolute atomic E-state index is 12.3. The predicted octanol–water partition coefficient (Wildman–Crippen LogP) is 6.54. The fraction of sp³-hybridized carbons (Fsp3) is 0.412. The van der Waals surface area contributed by atoms with Crippen molar-refractivity contribution in [2.45, 2.75) is 51.4 Å². The third kappa shape index (κ3) is 12.3. The van der Waals surface area contributed by atoms with Crippen LogP contribution in [-0.2, 0) is 19.1 Å². The summed E-state index contributed by atoms with van der Waals surface area (Å²) in [6.45, 7) is 0.590. The average molecular weight is 571 g/mol. The Labute approximate surface area is 250 Å². The molecule has 42 heavy (non-hydrogen) atoms. The molecule has 0 fully saturated rings. The van der Waals surface area contributed by atoms with E-state index in [1.165, 1.54) is 0 Å². The summed E-state index contributed by atoms with van der Waals surface area (Å²) >= 11 is 0. The first-order chi connectivity index (χ1) is 20.2. The second kappa shape index (κ2) is 18.7. The van der Waals surface area contributed by atoms with E-state index in [1.807, 2.05) is 98.7 Å². The number of rotatable bonds is 17. The molecule has 8 heteroatoms. The molecule has 0 saturated carbocycles. The summed E-state index contributed by atoms with van der Waals surface area (Å²) in [5.41, 5.74) is 3.61. The number of nitriles is 2. The normalized spacial score (nSPS) is 11.3. The lowest BCUT2D eigenvalue weighted by molar-refractivity contribution is -0.139. The van der Waals surface area contributed by atoms with E-state index in [4.69, 9.17) is 9.47 Å². The number of carbonyl (C=O) groups is 2. The number of esters is 2. The molecule has 0 saturated heterocycles. The van der Waals surface area contributed by atoms with E-state index in [9.17, 15) is 20.1 Å². The fourth-order valence-corrected chi connectivity index (χ4v) is 4.09. The van der Waals surface area contributed by atoms with Crippen molar-refractivity contribution in [3.05, 3.63) is 70.8 Å². The van der Waals surface area contributed by atoms with Crippen molar-refractivity contribution in [1.29, 1.82) is 10.5 Å². The lowest BCUT2D eigenvalue weighted by Gasteiger charge is -2.11. The molecule has 2 aromatic carbocycles. The van der Waals surface area contributed by atoms with Crippen LogP contribution in [0.15, 0.2) is 59.7 Å². The Balaban J connectivity index is 1.54. The zero-order valence-electron chi connectivity index (χ0n) is 25.3. The summed E-state index contributed by atoms with van der Waals surface area (Å²) in [5.74, 6) is -1.18. The lowest BCUT2D eigenvalue weighted by atomic mass is 10.1. The number of nitrogens with zero attached hydrogens (tertiary/aromatic N) is 4. The summed E-state index contributed by atoms with van der Waals surface area (Å²) < 4.78 is 10.6. The Morgan fingerprint density at radius 3 is 1.19 bits per heavy atom. The fourth-order valence-electron chi connectivity index (χ4n) is 4.09. The molecule has 0 bridgehead atoms. The second-order valence-corrected chi connectivity index (χ2v) is 10.4. The highest BCUT2D eigenvalue weighted by Gasteiger charge is 2.12. The van der Waals surface area contributed by atoms with Crippen LogP contribution in [0.3, 0.4) is 0 Å². The van der Waals surface area contributed by atoms with Gasteiger partial charge in [-0.25, -0.2) is 9.59 Å². The van der Waals surface area contributed by atoms with Gasteiger partial charge in [0, 0.05) is 39.6 Å². The first kappa shape index (κ1) is 33.6. The van der Waals surface area contributed by atoms with Crippen LogP contribution >= 0.6 is 0 Å². The van der Waals surface area contributed by atoms with Gasteiger partial charge >= 0.3 is 11.9 Å². The third-order valence-corrected chi connectivity index (χ3v) is 6.63. The summed E-state index contributed by atoms with van der Waals surface area (Å²) in [6, 6.07) is 19.0. The molecule has 222 valence electrons. The van der Waals surface area contributed by atoms with E-state index in [-0.39, 0.29) is 11.1 Å². The van der Waals surface area contributed by atoms with Crippen molar-refractivity contribution in [3.8, 4) is 12.1 Å². The quantitative estimate of drug-likeness (QED) is 0.0913. The minimum Gasteiger partial charge on any atom is -0.462 e. The first-order valence-corrected chi connectivity index (χ1v) is 14.4. The van der Waals surface area contributed by atoms with Crippen LogP contribution in [0.4, 0.5) is 11.4 Å². The van der Waals surface area contributed by atoms with Gasteiger partial charge in [-0.3, -0.25) is 0 Å². The molecule has 0 heterocycles. The monoisotopic (exact) mass is 570 g/mol. The van der Waals surface area contributed by atoms with Crippen LogP contribution < -0.4 is 9.80 Å². The summed E-state index contributed by atoms with van der Waals surface area (Å²) in [5, 5.41) is 18.7. The van der Waals surface area contributed by atoms with E-state index in [2.05, 4.69) is 0 Å². The van der Waals surface area contributed by atoms with Crippen molar-refractivity contribution >= 4 is 35.5 Å². The van der Waals surface area contributed by atoms with Crippen LogP contribution in [0.25, 0.3) is 12.2 Å². The van der Waals surface area contributed by atoms with Crippen molar-refractivity contribution in [1.82, 2.24) is 0 Å². The van der Waals surface area contributed by atoms with Gasteiger partial charge in [0.2, 0.25) is 0 Å². The Bertz CT molecular complexity index is 1180. The van der Waals surface area contributed by atoms with Gasteiger partial charge in [-0.2, -0.15) is 10.5 Å². The molecule has 2 aromatic rings. The highest BCUT2D eigenvalue weighted by atomic mass is 16.5. The molecule has 0 radical (unpaired) electrons. The second-order valence-electron chi connectivity index (χ2n) is 10.4. The highest BCUT2D eigenvalue weighted by Crippen LogP contribution is 2.17. The number of ether oxygens (including phenoxy) is 2. The van der Waals surface area contributed by atoms with Gasteiger partial charge in [0.1, 0.15) is 23.3 Å². The van der Waals surface area contributed by atoms with E-state index >= 15 is 0 Å². The number of unbranched alkanes of at least 4 members (excludes halogenated alkanes) is 7. The first-order valence-electron chi connectivity index (χ1n) is 14.4. The van der Waals surface area contributed by atoms with E-state index in [0.717, 1.165) is 73.9 Å². The van der Waals surface area contributed by atoms with Crippen LogP contribution in [0.2, 0.25) is 0 Å². The number of hydrogen-bond acceptors (Lipinski definition) is 8. The molecule has 0 aliphatic carbocycles. The van der Waals surface area contributed by atoms with Crippen molar-refractivity contribution in [3.63, 3.8) is 0 Å². The average Bonchev–Trinajstić information content (AvgIpc) is 2.99. The SMILES string of the molecule is CN(C)c1ccc(/C=C(\C#N)C(=O)OCCCCCCCCCCOC(=O)/C(C#N)=C/c2ccc(N(C)C)cc2)cc1. The summed E-state index contributed by atoms with van der Waals surface area (Å²) in [7, 11) is 7.80. The maximum Gasteiger partial charge on any atom is 0.348 e. The Morgan fingerprint density at radius 2 is 0.905 bits per heavy atom.